The summed E-state index contributed by atoms with van der Waals surface area (Å²) in [6, 6.07) is 11.0. The van der Waals surface area contributed by atoms with Crippen molar-refractivity contribution in [2.24, 2.45) is 0 Å². The molecule has 108 valence electrons. The zero-order valence-corrected chi connectivity index (χ0v) is 12.5. The Bertz CT molecular complexity index is 526. The van der Waals surface area contributed by atoms with E-state index >= 15 is 0 Å². The molecule has 1 aliphatic heterocycles. The molecule has 1 atom stereocenters. The van der Waals surface area contributed by atoms with Crippen molar-refractivity contribution in [2.45, 2.75) is 19.5 Å². The van der Waals surface area contributed by atoms with Crippen molar-refractivity contribution < 1.29 is 0 Å². The van der Waals surface area contributed by atoms with Gasteiger partial charge in [0.05, 0.1) is 6.54 Å². The number of hydrogen-bond donors (Lipinski definition) is 1. The lowest BCUT2D eigenvalue weighted by Gasteiger charge is -2.31. The van der Waals surface area contributed by atoms with Gasteiger partial charge in [-0.3, -0.25) is 4.90 Å². The van der Waals surface area contributed by atoms with Crippen LogP contribution >= 0.6 is 12.4 Å². The van der Waals surface area contributed by atoms with Crippen molar-refractivity contribution in [3.05, 3.63) is 48.5 Å². The van der Waals surface area contributed by atoms with Crippen molar-refractivity contribution in [1.82, 2.24) is 19.8 Å². The smallest absolute Gasteiger partial charge is 0.127 e. The van der Waals surface area contributed by atoms with Gasteiger partial charge in [0.1, 0.15) is 5.82 Å². The van der Waals surface area contributed by atoms with Crippen LogP contribution in [0.25, 0.3) is 5.69 Å². The Balaban J connectivity index is 0.00000147. The molecule has 1 fully saturated rings. The fraction of sp³-hybridized carbons (Fsp3) is 0.400. The van der Waals surface area contributed by atoms with E-state index in [1.807, 2.05) is 18.5 Å². The van der Waals surface area contributed by atoms with E-state index in [9.17, 15) is 0 Å². The van der Waals surface area contributed by atoms with Crippen LogP contribution < -0.4 is 5.32 Å². The molecule has 0 radical (unpaired) electrons. The number of nitrogens with zero attached hydrogens (tertiary/aromatic N) is 3. The summed E-state index contributed by atoms with van der Waals surface area (Å²) in [5.74, 6) is 1.11. The Morgan fingerprint density at radius 3 is 2.85 bits per heavy atom. The SMILES string of the molecule is CC1CN(Cc2nccn2-c2ccccc2)CCN1.Cl. The predicted molar refractivity (Wildman–Crippen MR) is 83.6 cm³/mol. The number of imidazole rings is 1. The van der Waals surface area contributed by atoms with Crippen LogP contribution in [0.3, 0.4) is 0 Å². The van der Waals surface area contributed by atoms with Gasteiger partial charge in [-0.1, -0.05) is 18.2 Å². The minimum absolute atomic E-state index is 0. The molecule has 1 saturated heterocycles. The highest BCUT2D eigenvalue weighted by molar-refractivity contribution is 5.85. The third kappa shape index (κ3) is 3.39. The van der Waals surface area contributed by atoms with Gasteiger partial charge in [-0.25, -0.2) is 4.98 Å². The molecule has 1 N–H and O–H groups in total. The molecule has 1 aliphatic rings. The molecule has 0 aliphatic carbocycles. The predicted octanol–water partition coefficient (Wildman–Crippen LogP) is 2.09. The lowest BCUT2D eigenvalue weighted by molar-refractivity contribution is 0.194. The third-order valence-electron chi connectivity index (χ3n) is 3.57. The first-order chi connectivity index (χ1) is 9.33. The second-order valence-electron chi connectivity index (χ2n) is 5.14. The van der Waals surface area contributed by atoms with Crippen molar-refractivity contribution >= 4 is 12.4 Å². The molecule has 2 heterocycles. The number of benzene rings is 1. The number of halogens is 1. The fourth-order valence-corrected chi connectivity index (χ4v) is 2.63. The fourth-order valence-electron chi connectivity index (χ4n) is 2.63. The molecular formula is C15H21ClN4. The minimum atomic E-state index is 0. The number of piperazine rings is 1. The largest absolute Gasteiger partial charge is 0.312 e. The number of rotatable bonds is 3. The molecule has 3 rings (SSSR count). The summed E-state index contributed by atoms with van der Waals surface area (Å²) in [6.45, 7) is 6.38. The van der Waals surface area contributed by atoms with Gasteiger partial charge in [-0.15, -0.1) is 12.4 Å². The van der Waals surface area contributed by atoms with Crippen molar-refractivity contribution in [3.8, 4) is 5.69 Å². The summed E-state index contributed by atoms with van der Waals surface area (Å²) in [5.41, 5.74) is 1.18. The Hall–Kier alpha value is -1.36. The van der Waals surface area contributed by atoms with E-state index in [0.717, 1.165) is 32.0 Å². The van der Waals surface area contributed by atoms with Crippen LogP contribution in [0.5, 0.6) is 0 Å². The van der Waals surface area contributed by atoms with E-state index in [2.05, 4.69) is 51.0 Å². The first-order valence-electron chi connectivity index (χ1n) is 6.86. The molecule has 1 aromatic carbocycles. The molecule has 1 unspecified atom stereocenters. The lowest BCUT2D eigenvalue weighted by atomic mass is 10.2. The lowest BCUT2D eigenvalue weighted by Crippen LogP contribution is -2.48. The average Bonchev–Trinajstić information content (AvgIpc) is 2.88. The van der Waals surface area contributed by atoms with Crippen LogP contribution in [0.4, 0.5) is 0 Å². The number of para-hydroxylation sites is 1. The van der Waals surface area contributed by atoms with Gasteiger partial charge in [0.2, 0.25) is 0 Å². The number of aromatic nitrogens is 2. The third-order valence-corrected chi connectivity index (χ3v) is 3.57. The second-order valence-corrected chi connectivity index (χ2v) is 5.14. The summed E-state index contributed by atoms with van der Waals surface area (Å²) in [4.78, 5) is 6.97. The Kier molecular flexibility index (Phi) is 5.17. The zero-order chi connectivity index (χ0) is 13.1. The maximum atomic E-state index is 4.51. The van der Waals surface area contributed by atoms with E-state index in [1.54, 1.807) is 0 Å². The van der Waals surface area contributed by atoms with Gasteiger partial charge in [0, 0.05) is 43.8 Å². The van der Waals surface area contributed by atoms with Crippen LogP contribution in [-0.4, -0.2) is 40.1 Å². The quantitative estimate of drug-likeness (QED) is 0.940. The Labute approximate surface area is 126 Å². The molecule has 0 bridgehead atoms. The number of hydrogen-bond acceptors (Lipinski definition) is 3. The van der Waals surface area contributed by atoms with Crippen LogP contribution in [0.2, 0.25) is 0 Å². The first-order valence-corrected chi connectivity index (χ1v) is 6.86. The van der Waals surface area contributed by atoms with E-state index in [4.69, 9.17) is 0 Å². The van der Waals surface area contributed by atoms with Crippen LogP contribution in [0.15, 0.2) is 42.7 Å². The standard InChI is InChI=1S/C15H20N4.ClH/c1-13-11-18(9-7-16-13)12-15-17-8-10-19(15)14-5-3-2-4-6-14;/h2-6,8,10,13,16H,7,9,11-12H2,1H3;1H. The van der Waals surface area contributed by atoms with E-state index in [-0.39, 0.29) is 12.4 Å². The Morgan fingerprint density at radius 2 is 2.10 bits per heavy atom. The topological polar surface area (TPSA) is 33.1 Å². The first kappa shape index (κ1) is 15.0. The zero-order valence-electron chi connectivity index (χ0n) is 11.7. The van der Waals surface area contributed by atoms with Gasteiger partial charge in [0.15, 0.2) is 0 Å². The van der Waals surface area contributed by atoms with E-state index < -0.39 is 0 Å². The molecule has 20 heavy (non-hydrogen) atoms. The molecule has 2 aromatic rings. The summed E-state index contributed by atoms with van der Waals surface area (Å²) in [7, 11) is 0. The highest BCUT2D eigenvalue weighted by Crippen LogP contribution is 2.12. The maximum absolute atomic E-state index is 4.51. The van der Waals surface area contributed by atoms with Crippen LogP contribution in [0, 0.1) is 0 Å². The summed E-state index contributed by atoms with van der Waals surface area (Å²) < 4.78 is 2.17. The Morgan fingerprint density at radius 1 is 1.30 bits per heavy atom. The minimum Gasteiger partial charge on any atom is -0.312 e. The molecule has 0 saturated carbocycles. The van der Waals surface area contributed by atoms with Crippen molar-refractivity contribution in [3.63, 3.8) is 0 Å². The molecular weight excluding hydrogens is 272 g/mol. The van der Waals surface area contributed by atoms with Crippen LogP contribution in [-0.2, 0) is 6.54 Å². The summed E-state index contributed by atoms with van der Waals surface area (Å²) in [6.07, 6.45) is 3.92. The average molecular weight is 293 g/mol. The van der Waals surface area contributed by atoms with Gasteiger partial charge < -0.3 is 9.88 Å². The van der Waals surface area contributed by atoms with Gasteiger partial charge in [-0.05, 0) is 19.1 Å². The molecule has 5 heteroatoms. The molecule has 0 amide bonds. The normalized spacial score (nSPS) is 19.6. The van der Waals surface area contributed by atoms with Crippen molar-refractivity contribution in [1.29, 1.82) is 0 Å². The highest BCUT2D eigenvalue weighted by atomic mass is 35.5. The van der Waals surface area contributed by atoms with Crippen molar-refractivity contribution in [2.75, 3.05) is 19.6 Å². The summed E-state index contributed by atoms with van der Waals surface area (Å²) >= 11 is 0. The van der Waals surface area contributed by atoms with Gasteiger partial charge >= 0.3 is 0 Å². The monoisotopic (exact) mass is 292 g/mol. The summed E-state index contributed by atoms with van der Waals surface area (Å²) in [5, 5.41) is 3.47. The highest BCUT2D eigenvalue weighted by Gasteiger charge is 2.17. The van der Waals surface area contributed by atoms with E-state index in [1.165, 1.54) is 5.69 Å². The molecule has 0 spiro atoms. The van der Waals surface area contributed by atoms with Gasteiger partial charge in [-0.2, -0.15) is 0 Å². The number of nitrogens with one attached hydrogen (secondary N) is 1. The van der Waals surface area contributed by atoms with E-state index in [0.29, 0.717) is 6.04 Å². The molecule has 4 nitrogen and oxygen atoms in total. The second kappa shape index (κ2) is 6.88. The molecule has 1 aromatic heterocycles. The van der Waals surface area contributed by atoms with Crippen LogP contribution in [0.1, 0.15) is 12.7 Å². The maximum Gasteiger partial charge on any atom is 0.127 e. The van der Waals surface area contributed by atoms with Gasteiger partial charge in [0.25, 0.3) is 0 Å².